The van der Waals surface area contributed by atoms with E-state index in [0.29, 0.717) is 0 Å². The van der Waals surface area contributed by atoms with E-state index in [9.17, 15) is 0 Å². The minimum atomic E-state index is -1.95. The Balaban J connectivity index is 1.41. The third-order valence-electron chi connectivity index (χ3n) is 10.2. The molecule has 0 fully saturated rings. The fourth-order valence-electron chi connectivity index (χ4n) is 8.28. The molecule has 5 heteroatoms. The molecule has 0 saturated carbocycles. The van der Waals surface area contributed by atoms with Crippen molar-refractivity contribution in [3.63, 3.8) is 0 Å². The van der Waals surface area contributed by atoms with Crippen LogP contribution in [0.15, 0.2) is 140 Å². The van der Waals surface area contributed by atoms with E-state index in [1.165, 1.54) is 81.4 Å². The molecule has 212 valence electrons. The van der Waals surface area contributed by atoms with Crippen LogP contribution in [0.3, 0.4) is 0 Å². The fourth-order valence-corrected chi connectivity index (χ4v) is 12.6. The number of hydrogen-bond acceptors (Lipinski definition) is 3. The second-order valence-electron chi connectivity index (χ2n) is 12.9. The summed E-state index contributed by atoms with van der Waals surface area (Å²) in [7, 11) is -1.95. The summed E-state index contributed by atoms with van der Waals surface area (Å²) in [5.74, 6) is 0. The number of hydrogen-bond donors (Lipinski definition) is 0. The molecule has 7 aromatic rings. The van der Waals surface area contributed by atoms with Gasteiger partial charge in [0, 0.05) is 43.2 Å². The molecule has 0 N–H and O–H groups in total. The predicted octanol–water partition coefficient (Wildman–Crippen LogP) is 7.79. The van der Waals surface area contributed by atoms with Crippen molar-refractivity contribution in [3.05, 3.63) is 140 Å². The lowest BCUT2D eigenvalue weighted by atomic mass is 9.36. The molecule has 10 rings (SSSR count). The number of rotatable bonds is 2. The van der Waals surface area contributed by atoms with Gasteiger partial charge in [-0.05, 0) is 57.2 Å². The summed E-state index contributed by atoms with van der Waals surface area (Å²) in [6, 6.07) is 52.1. The zero-order chi connectivity index (χ0) is 29.9. The fraction of sp³-hybridized carbons (Fsp3) is 0.0500. The summed E-state index contributed by atoms with van der Waals surface area (Å²) in [6.07, 6.45) is 0. The molecule has 0 saturated heterocycles. The van der Waals surface area contributed by atoms with Crippen molar-refractivity contribution in [2.45, 2.75) is 13.1 Å². The molecule has 0 aliphatic carbocycles. The van der Waals surface area contributed by atoms with Gasteiger partial charge in [-0.1, -0.05) is 122 Å². The third kappa shape index (κ3) is 3.29. The molecule has 0 atom stereocenters. The van der Waals surface area contributed by atoms with Gasteiger partial charge in [0.15, 0.2) is 0 Å². The van der Waals surface area contributed by atoms with Gasteiger partial charge in [-0.2, -0.15) is 0 Å². The molecular formula is C40H29BN2SSi. The van der Waals surface area contributed by atoms with E-state index in [2.05, 4.69) is 162 Å². The first-order valence-corrected chi connectivity index (χ1v) is 19.6. The van der Waals surface area contributed by atoms with Gasteiger partial charge in [0.2, 0.25) is 0 Å². The summed E-state index contributed by atoms with van der Waals surface area (Å²) >= 11 is 1.97. The summed E-state index contributed by atoms with van der Waals surface area (Å²) in [4.78, 5) is 5.19. The molecule has 0 bridgehead atoms. The maximum absolute atomic E-state index is 2.61. The maximum Gasteiger partial charge on any atom is 0.264 e. The van der Waals surface area contributed by atoms with Crippen LogP contribution in [0.5, 0.6) is 0 Å². The number of fused-ring (bicyclic) bond motifs is 8. The molecule has 0 amide bonds. The van der Waals surface area contributed by atoms with E-state index in [4.69, 9.17) is 0 Å². The molecule has 0 unspecified atom stereocenters. The summed E-state index contributed by atoms with van der Waals surface area (Å²) < 4.78 is 2.77. The van der Waals surface area contributed by atoms with Crippen molar-refractivity contribution in [2.75, 3.05) is 9.80 Å². The van der Waals surface area contributed by atoms with Crippen LogP contribution in [0, 0.1) is 0 Å². The monoisotopic (exact) mass is 608 g/mol. The first-order chi connectivity index (χ1) is 22.1. The lowest BCUT2D eigenvalue weighted by Crippen LogP contribution is -2.67. The van der Waals surface area contributed by atoms with Crippen LogP contribution in [0.25, 0.3) is 21.2 Å². The van der Waals surface area contributed by atoms with Crippen molar-refractivity contribution in [1.82, 2.24) is 0 Å². The largest absolute Gasteiger partial charge is 0.312 e. The molecule has 0 radical (unpaired) electrons. The molecule has 4 heterocycles. The zero-order valence-corrected chi connectivity index (χ0v) is 27.0. The lowest BCUT2D eigenvalue weighted by molar-refractivity contribution is 1.26. The number of anilines is 6. The van der Waals surface area contributed by atoms with E-state index in [1.807, 2.05) is 11.3 Å². The molecule has 3 aliphatic heterocycles. The second-order valence-corrected chi connectivity index (χ2v) is 18.3. The summed E-state index contributed by atoms with van der Waals surface area (Å²) in [5, 5.41) is 4.36. The minimum Gasteiger partial charge on any atom is -0.312 e. The first-order valence-electron chi connectivity index (χ1n) is 15.7. The molecule has 6 aromatic carbocycles. The Morgan fingerprint density at radius 3 is 2.11 bits per heavy atom. The number of benzene rings is 6. The molecular weight excluding hydrogens is 579 g/mol. The van der Waals surface area contributed by atoms with Crippen molar-refractivity contribution in [2.24, 2.45) is 0 Å². The Bertz CT molecular complexity index is 2330. The highest BCUT2D eigenvalue weighted by Gasteiger charge is 2.50. The van der Waals surface area contributed by atoms with Crippen molar-refractivity contribution in [1.29, 1.82) is 0 Å². The zero-order valence-electron chi connectivity index (χ0n) is 25.2. The Morgan fingerprint density at radius 2 is 1.27 bits per heavy atom. The van der Waals surface area contributed by atoms with Crippen LogP contribution < -0.4 is 35.9 Å². The van der Waals surface area contributed by atoms with Gasteiger partial charge >= 0.3 is 0 Å². The van der Waals surface area contributed by atoms with Crippen LogP contribution in [-0.2, 0) is 0 Å². The SMILES string of the molecule is C[Si]1(C)c2ccccc2N2c3ccc(-c4ccccc4)c4c3B(c3cccc1c32)c1sc2ccccc2c1N4c1ccccc1. The first kappa shape index (κ1) is 25.5. The van der Waals surface area contributed by atoms with Gasteiger partial charge in [-0.3, -0.25) is 0 Å². The van der Waals surface area contributed by atoms with Gasteiger partial charge in [0.1, 0.15) is 8.07 Å². The molecule has 45 heavy (non-hydrogen) atoms. The molecule has 3 aliphatic rings. The Kier molecular flexibility index (Phi) is 5.15. The smallest absolute Gasteiger partial charge is 0.264 e. The van der Waals surface area contributed by atoms with Crippen LogP contribution in [0.2, 0.25) is 13.1 Å². The average molecular weight is 609 g/mol. The summed E-state index contributed by atoms with van der Waals surface area (Å²) in [6.45, 7) is 5.20. The quantitative estimate of drug-likeness (QED) is 0.185. The third-order valence-corrected chi connectivity index (χ3v) is 15.0. The lowest BCUT2D eigenvalue weighted by Gasteiger charge is -2.49. The van der Waals surface area contributed by atoms with E-state index in [1.54, 1.807) is 0 Å². The second kappa shape index (κ2) is 9.10. The van der Waals surface area contributed by atoms with E-state index in [-0.39, 0.29) is 6.71 Å². The van der Waals surface area contributed by atoms with Crippen molar-refractivity contribution in [3.8, 4) is 11.1 Å². The number of para-hydroxylation sites is 3. The normalized spacial score (nSPS) is 14.9. The van der Waals surface area contributed by atoms with E-state index >= 15 is 0 Å². The van der Waals surface area contributed by atoms with Crippen LogP contribution in [0.4, 0.5) is 34.1 Å². The Morgan fingerprint density at radius 1 is 0.556 bits per heavy atom. The Hall–Kier alpha value is -4.84. The van der Waals surface area contributed by atoms with Gasteiger partial charge in [-0.15, -0.1) is 11.3 Å². The molecule has 2 nitrogen and oxygen atoms in total. The predicted molar refractivity (Wildman–Crippen MR) is 198 cm³/mol. The van der Waals surface area contributed by atoms with Crippen LogP contribution >= 0.6 is 11.3 Å². The topological polar surface area (TPSA) is 6.48 Å². The maximum atomic E-state index is 2.61. The van der Waals surface area contributed by atoms with E-state index < -0.39 is 8.07 Å². The highest BCUT2D eigenvalue weighted by atomic mass is 32.1. The highest BCUT2D eigenvalue weighted by molar-refractivity contribution is 7.33. The van der Waals surface area contributed by atoms with Crippen molar-refractivity contribution >= 4 is 96.4 Å². The average Bonchev–Trinajstić information content (AvgIpc) is 3.47. The molecule has 0 spiro atoms. The highest BCUT2D eigenvalue weighted by Crippen LogP contribution is 2.51. The number of thiophene rings is 1. The van der Waals surface area contributed by atoms with Crippen LogP contribution in [-0.4, -0.2) is 14.8 Å². The Labute approximate surface area is 268 Å². The van der Waals surface area contributed by atoms with Crippen LogP contribution in [0.1, 0.15) is 0 Å². The van der Waals surface area contributed by atoms with Crippen molar-refractivity contribution < 1.29 is 0 Å². The minimum absolute atomic E-state index is 0.146. The summed E-state index contributed by atoms with van der Waals surface area (Å²) in [5.41, 5.74) is 13.2. The molecule has 1 aromatic heterocycles. The van der Waals surface area contributed by atoms with Gasteiger partial charge in [0.25, 0.3) is 6.71 Å². The number of nitrogens with zero attached hydrogens (tertiary/aromatic N) is 2. The standard InChI is InChI=1S/C40H29BN2SSi/c1-45(2)34-22-12-10-20-31(34)43-32-25-24-28(26-14-5-3-6-15-26)37-36(32)41(30-19-13-23-35(45)39(30)43)40-38(29-18-9-11-21-33(29)44-40)42(37)27-16-7-4-8-17-27/h3-25H,1-2H3. The van der Waals surface area contributed by atoms with Gasteiger partial charge in [-0.25, -0.2) is 0 Å². The van der Waals surface area contributed by atoms with Gasteiger partial charge in [0.05, 0.1) is 11.4 Å². The van der Waals surface area contributed by atoms with E-state index in [0.717, 1.165) is 0 Å². The van der Waals surface area contributed by atoms with Gasteiger partial charge < -0.3 is 9.80 Å².